The fraction of sp³-hybridized carbons (Fsp3) is 0.118. The van der Waals surface area contributed by atoms with Gasteiger partial charge in [-0.2, -0.15) is 5.26 Å². The van der Waals surface area contributed by atoms with Crippen LogP contribution in [0.2, 0.25) is 0 Å². The van der Waals surface area contributed by atoms with Gasteiger partial charge in [0.05, 0.1) is 11.6 Å². The fourth-order valence-corrected chi connectivity index (χ4v) is 1.88. The number of nitriles is 1. The van der Waals surface area contributed by atoms with E-state index in [1.54, 1.807) is 30.3 Å². The van der Waals surface area contributed by atoms with E-state index in [-0.39, 0.29) is 12.1 Å². The summed E-state index contributed by atoms with van der Waals surface area (Å²) in [6.45, 7) is -0.663. The van der Waals surface area contributed by atoms with Gasteiger partial charge in [0.25, 0.3) is 5.91 Å². The second-order valence-electron chi connectivity index (χ2n) is 4.56. The van der Waals surface area contributed by atoms with Crippen molar-refractivity contribution in [1.29, 1.82) is 5.26 Å². The van der Waals surface area contributed by atoms with Crippen LogP contribution in [-0.4, -0.2) is 25.0 Å². The summed E-state index contributed by atoms with van der Waals surface area (Å²) in [4.78, 5) is 25.2. The number of hydrogen-bond acceptors (Lipinski definition) is 4. The lowest BCUT2D eigenvalue weighted by atomic mass is 10.2. The molecule has 0 heterocycles. The molecule has 0 aliphatic rings. The summed E-state index contributed by atoms with van der Waals surface area (Å²) in [5.74, 6) is -1.72. The van der Waals surface area contributed by atoms with E-state index >= 15 is 0 Å². The molecule has 0 spiro atoms. The minimum absolute atomic E-state index is 0.144. The van der Waals surface area contributed by atoms with Crippen LogP contribution in [0.25, 0.3) is 0 Å². The largest absolute Gasteiger partial charge is 0.452 e. The van der Waals surface area contributed by atoms with Crippen LogP contribution >= 0.6 is 0 Å². The van der Waals surface area contributed by atoms with Crippen molar-refractivity contribution in [2.75, 3.05) is 18.1 Å². The summed E-state index contributed by atoms with van der Waals surface area (Å²) in [6, 6.07) is 15.3. The van der Waals surface area contributed by atoms with Crippen LogP contribution in [0.4, 0.5) is 10.1 Å². The van der Waals surface area contributed by atoms with Crippen molar-refractivity contribution in [3.63, 3.8) is 0 Å². The first-order valence-corrected chi connectivity index (χ1v) is 6.77. The molecular weight excluding hydrogens is 299 g/mol. The lowest BCUT2D eigenvalue weighted by Crippen LogP contribution is -2.35. The highest BCUT2D eigenvalue weighted by molar-refractivity contribution is 5.97. The Kier molecular flexibility index (Phi) is 5.42. The van der Waals surface area contributed by atoms with Gasteiger partial charge >= 0.3 is 5.97 Å². The monoisotopic (exact) mass is 312 g/mol. The van der Waals surface area contributed by atoms with Crippen molar-refractivity contribution in [2.45, 2.75) is 0 Å². The lowest BCUT2D eigenvalue weighted by molar-refractivity contribution is -0.121. The molecule has 0 bridgehead atoms. The van der Waals surface area contributed by atoms with Crippen LogP contribution in [-0.2, 0) is 9.53 Å². The van der Waals surface area contributed by atoms with E-state index < -0.39 is 24.3 Å². The van der Waals surface area contributed by atoms with Gasteiger partial charge in [-0.1, -0.05) is 18.2 Å². The number of esters is 1. The van der Waals surface area contributed by atoms with E-state index in [0.717, 1.165) is 12.1 Å². The lowest BCUT2D eigenvalue weighted by Gasteiger charge is -2.19. The van der Waals surface area contributed by atoms with E-state index in [9.17, 15) is 14.0 Å². The number of carbonyl (C=O) groups is 2. The summed E-state index contributed by atoms with van der Waals surface area (Å²) in [6.07, 6.45) is 0. The predicted molar refractivity (Wildman–Crippen MR) is 81.1 cm³/mol. The Hall–Kier alpha value is -3.20. The number of hydrogen-bond donors (Lipinski definition) is 0. The Bertz CT molecular complexity index is 724. The number of amides is 1. The zero-order chi connectivity index (χ0) is 16.7. The minimum Gasteiger partial charge on any atom is -0.452 e. The molecule has 2 rings (SSSR count). The first-order chi connectivity index (χ1) is 11.1. The molecule has 2 aromatic rings. The van der Waals surface area contributed by atoms with Gasteiger partial charge < -0.3 is 4.74 Å². The average Bonchev–Trinajstić information content (AvgIpc) is 2.58. The molecule has 0 aromatic heterocycles. The van der Waals surface area contributed by atoms with Crippen LogP contribution in [0.15, 0.2) is 54.6 Å². The van der Waals surface area contributed by atoms with Gasteiger partial charge in [0.2, 0.25) is 0 Å². The molecule has 2 aromatic carbocycles. The summed E-state index contributed by atoms with van der Waals surface area (Å²) in [7, 11) is 0. The number of ether oxygens (including phenoxy) is 1. The number of benzene rings is 2. The Morgan fingerprint density at radius 3 is 2.35 bits per heavy atom. The molecular formula is C17H13FN2O3. The van der Waals surface area contributed by atoms with E-state index in [0.29, 0.717) is 5.69 Å². The third kappa shape index (κ3) is 4.38. The van der Waals surface area contributed by atoms with Crippen LogP contribution in [0.3, 0.4) is 0 Å². The maximum absolute atomic E-state index is 12.8. The number of para-hydroxylation sites is 1. The number of nitrogens with zero attached hydrogens (tertiary/aromatic N) is 2. The number of halogens is 1. The zero-order valence-corrected chi connectivity index (χ0v) is 12.1. The van der Waals surface area contributed by atoms with Gasteiger partial charge in [-0.05, 0) is 36.4 Å². The van der Waals surface area contributed by atoms with Gasteiger partial charge in [-0.25, -0.2) is 9.18 Å². The summed E-state index contributed by atoms with van der Waals surface area (Å²) >= 11 is 0. The SMILES string of the molecule is N#CCN(C(=O)COC(=O)c1ccc(F)cc1)c1ccccc1. The molecule has 6 heteroatoms. The molecule has 23 heavy (non-hydrogen) atoms. The third-order valence-electron chi connectivity index (χ3n) is 3.00. The smallest absolute Gasteiger partial charge is 0.338 e. The molecule has 0 saturated carbocycles. The normalized spacial score (nSPS) is 9.74. The summed E-state index contributed by atoms with van der Waals surface area (Å²) < 4.78 is 17.7. The molecule has 116 valence electrons. The second kappa shape index (κ2) is 7.71. The number of anilines is 1. The van der Waals surface area contributed by atoms with Gasteiger partial charge in [0, 0.05) is 5.69 Å². The quantitative estimate of drug-likeness (QED) is 0.628. The van der Waals surface area contributed by atoms with Crippen molar-refractivity contribution < 1.29 is 18.7 Å². The van der Waals surface area contributed by atoms with E-state index in [1.807, 2.05) is 6.07 Å². The standard InChI is InChI=1S/C17H13FN2O3/c18-14-8-6-13(7-9-14)17(22)23-12-16(21)20(11-10-19)15-4-2-1-3-5-15/h1-9H,11-12H2. The molecule has 1 amide bonds. The number of carbonyl (C=O) groups excluding carboxylic acids is 2. The predicted octanol–water partition coefficient (Wildman–Crippen LogP) is 2.54. The first-order valence-electron chi connectivity index (χ1n) is 6.77. The van der Waals surface area contributed by atoms with Crippen molar-refractivity contribution in [3.05, 3.63) is 66.0 Å². The molecule has 0 unspecified atom stereocenters. The van der Waals surface area contributed by atoms with Gasteiger partial charge in [-0.3, -0.25) is 9.69 Å². The second-order valence-corrected chi connectivity index (χ2v) is 4.56. The van der Waals surface area contributed by atoms with E-state index in [4.69, 9.17) is 10.00 Å². The van der Waals surface area contributed by atoms with Crippen LogP contribution in [0, 0.1) is 17.1 Å². The first kappa shape index (κ1) is 16.2. The minimum atomic E-state index is -0.733. The van der Waals surface area contributed by atoms with Crippen LogP contribution in [0.1, 0.15) is 10.4 Å². The topological polar surface area (TPSA) is 70.4 Å². The molecule has 0 aliphatic carbocycles. The highest BCUT2D eigenvalue weighted by Gasteiger charge is 2.17. The highest BCUT2D eigenvalue weighted by atomic mass is 19.1. The molecule has 0 atom stereocenters. The molecule has 0 aliphatic heterocycles. The summed E-state index contributed by atoms with van der Waals surface area (Å²) in [5.41, 5.74) is 0.683. The Morgan fingerprint density at radius 2 is 1.74 bits per heavy atom. The third-order valence-corrected chi connectivity index (χ3v) is 3.00. The van der Waals surface area contributed by atoms with Crippen molar-refractivity contribution in [3.8, 4) is 6.07 Å². The van der Waals surface area contributed by atoms with Gasteiger partial charge in [-0.15, -0.1) is 0 Å². The Balaban J connectivity index is 2.01. The van der Waals surface area contributed by atoms with Gasteiger partial charge in [0.1, 0.15) is 12.4 Å². The molecule has 0 saturated heterocycles. The van der Waals surface area contributed by atoms with E-state index in [1.165, 1.54) is 17.0 Å². The van der Waals surface area contributed by atoms with Crippen LogP contribution < -0.4 is 4.90 Å². The fourth-order valence-electron chi connectivity index (χ4n) is 1.88. The average molecular weight is 312 g/mol. The highest BCUT2D eigenvalue weighted by Crippen LogP contribution is 2.13. The molecule has 0 fully saturated rings. The number of rotatable bonds is 5. The van der Waals surface area contributed by atoms with Gasteiger partial charge in [0.15, 0.2) is 6.61 Å². The van der Waals surface area contributed by atoms with Crippen molar-refractivity contribution >= 4 is 17.6 Å². The maximum atomic E-state index is 12.8. The van der Waals surface area contributed by atoms with E-state index in [2.05, 4.69) is 0 Å². The molecule has 0 N–H and O–H groups in total. The molecule has 5 nitrogen and oxygen atoms in total. The van der Waals surface area contributed by atoms with Crippen LogP contribution in [0.5, 0.6) is 0 Å². The Morgan fingerprint density at radius 1 is 1.09 bits per heavy atom. The zero-order valence-electron chi connectivity index (χ0n) is 12.1. The summed E-state index contributed by atoms with van der Waals surface area (Å²) in [5, 5.41) is 8.84. The Labute approximate surface area is 132 Å². The maximum Gasteiger partial charge on any atom is 0.338 e. The van der Waals surface area contributed by atoms with Crippen molar-refractivity contribution in [2.24, 2.45) is 0 Å². The molecule has 0 radical (unpaired) electrons. The van der Waals surface area contributed by atoms with Crippen molar-refractivity contribution in [1.82, 2.24) is 0 Å².